The van der Waals surface area contributed by atoms with Crippen LogP contribution in [-0.2, 0) is 0 Å². The lowest BCUT2D eigenvalue weighted by Gasteiger charge is -2.13. The molecule has 0 aliphatic heterocycles. The van der Waals surface area contributed by atoms with Crippen molar-refractivity contribution in [2.24, 2.45) is 0 Å². The van der Waals surface area contributed by atoms with Crippen LogP contribution in [0.3, 0.4) is 0 Å². The van der Waals surface area contributed by atoms with Gasteiger partial charge in [-0.1, -0.05) is 176 Å². The summed E-state index contributed by atoms with van der Waals surface area (Å²) in [6, 6.07) is 82.0. The maximum absolute atomic E-state index is 7.29. The molecule has 6 heterocycles. The van der Waals surface area contributed by atoms with Crippen molar-refractivity contribution < 1.29 is 8.83 Å². The molecular formula is C68H40N6O2. The van der Waals surface area contributed by atoms with E-state index in [9.17, 15) is 0 Å². The van der Waals surface area contributed by atoms with Gasteiger partial charge in [-0.2, -0.15) is 0 Å². The van der Waals surface area contributed by atoms with Gasteiger partial charge in [-0.3, -0.25) is 4.98 Å². The van der Waals surface area contributed by atoms with Crippen molar-refractivity contribution in [2.75, 3.05) is 0 Å². The average molecular weight is 973 g/mol. The molecule has 0 bridgehead atoms. The van der Waals surface area contributed by atoms with Gasteiger partial charge in [-0.25, -0.2) is 15.0 Å². The van der Waals surface area contributed by atoms with Crippen molar-refractivity contribution in [2.45, 2.75) is 0 Å². The molecule has 6 aromatic heterocycles. The summed E-state index contributed by atoms with van der Waals surface area (Å²) >= 11 is 0. The van der Waals surface area contributed by atoms with E-state index in [1.54, 1.807) is 0 Å². The molecule has 16 aromatic rings. The third-order valence-electron chi connectivity index (χ3n) is 15.0. The van der Waals surface area contributed by atoms with Crippen molar-refractivity contribution in [3.05, 3.63) is 243 Å². The summed E-state index contributed by atoms with van der Waals surface area (Å²) in [4.78, 5) is 21.2. The lowest BCUT2D eigenvalue weighted by molar-refractivity contribution is 0.671. The normalized spacial score (nSPS) is 11.9. The average Bonchev–Trinajstić information content (AvgIpc) is 4.42. The number of para-hydroxylation sites is 6. The first-order valence-electron chi connectivity index (χ1n) is 25.5. The van der Waals surface area contributed by atoms with Crippen molar-refractivity contribution in [3.63, 3.8) is 0 Å². The maximum Gasteiger partial charge on any atom is 0.166 e. The highest BCUT2D eigenvalue weighted by Gasteiger charge is 2.26. The number of hydrogen-bond acceptors (Lipinski definition) is 6. The van der Waals surface area contributed by atoms with Crippen LogP contribution < -0.4 is 0 Å². The van der Waals surface area contributed by atoms with Crippen LogP contribution >= 0.6 is 0 Å². The fourth-order valence-electron chi connectivity index (χ4n) is 11.6. The Balaban J connectivity index is 0.968. The second-order valence-electron chi connectivity index (χ2n) is 19.3. The Kier molecular flexibility index (Phi) is 9.17. The Bertz CT molecular complexity index is 4920. The minimum absolute atomic E-state index is 0.475. The molecular weight excluding hydrogens is 933 g/mol. The smallest absolute Gasteiger partial charge is 0.166 e. The van der Waals surface area contributed by atoms with Gasteiger partial charge in [-0.05, 0) is 60.7 Å². The van der Waals surface area contributed by atoms with Gasteiger partial charge in [0.05, 0.1) is 27.8 Å². The molecule has 10 aromatic carbocycles. The van der Waals surface area contributed by atoms with Crippen LogP contribution in [0, 0.1) is 0 Å². The largest absolute Gasteiger partial charge is 0.453 e. The molecule has 0 saturated heterocycles. The molecule has 0 spiro atoms. The number of pyridine rings is 1. The molecule has 76 heavy (non-hydrogen) atoms. The zero-order chi connectivity index (χ0) is 49.8. The number of furan rings is 2. The summed E-state index contributed by atoms with van der Waals surface area (Å²) in [7, 11) is 0. The van der Waals surface area contributed by atoms with E-state index in [4.69, 9.17) is 28.8 Å². The molecule has 0 atom stereocenters. The Hall–Kier alpha value is -10.4. The molecule has 0 saturated carbocycles. The third-order valence-corrected chi connectivity index (χ3v) is 15.0. The van der Waals surface area contributed by atoms with E-state index in [-0.39, 0.29) is 0 Å². The Labute approximate surface area is 434 Å². The molecule has 0 N–H and O–H groups in total. The van der Waals surface area contributed by atoms with Crippen LogP contribution in [-0.4, -0.2) is 29.1 Å². The zero-order valence-electron chi connectivity index (χ0n) is 40.6. The Morgan fingerprint density at radius 2 is 0.697 bits per heavy atom. The minimum atomic E-state index is 0.475. The van der Waals surface area contributed by atoms with E-state index in [1.165, 1.54) is 0 Å². The first-order chi connectivity index (χ1) is 37.7. The summed E-state index contributed by atoms with van der Waals surface area (Å²) in [6.45, 7) is 0. The van der Waals surface area contributed by atoms with Crippen molar-refractivity contribution in [3.8, 4) is 67.9 Å². The fourth-order valence-corrected chi connectivity index (χ4v) is 11.6. The van der Waals surface area contributed by atoms with Crippen LogP contribution in [0.15, 0.2) is 252 Å². The Morgan fingerprint density at radius 3 is 1.22 bits per heavy atom. The summed E-state index contributed by atoms with van der Waals surface area (Å²) in [6.07, 6.45) is 1.95. The van der Waals surface area contributed by atoms with Crippen LogP contribution in [0.1, 0.15) is 0 Å². The van der Waals surface area contributed by atoms with Crippen molar-refractivity contribution >= 4 is 87.5 Å². The molecule has 16 rings (SSSR count). The van der Waals surface area contributed by atoms with Gasteiger partial charge in [0.2, 0.25) is 0 Å². The second-order valence-corrected chi connectivity index (χ2v) is 19.3. The lowest BCUT2D eigenvalue weighted by atomic mass is 9.97. The van der Waals surface area contributed by atoms with E-state index < -0.39 is 0 Å². The molecule has 0 radical (unpaired) electrons. The first-order valence-corrected chi connectivity index (χ1v) is 25.5. The van der Waals surface area contributed by atoms with Crippen molar-refractivity contribution in [1.29, 1.82) is 0 Å². The van der Waals surface area contributed by atoms with Gasteiger partial charge < -0.3 is 18.0 Å². The number of aromatic nitrogens is 6. The molecule has 0 unspecified atom stereocenters. The number of hydrogen-bond donors (Lipinski definition) is 0. The Morgan fingerprint density at radius 1 is 0.289 bits per heavy atom. The highest BCUT2D eigenvalue weighted by Crippen LogP contribution is 2.46. The molecule has 8 nitrogen and oxygen atoms in total. The highest BCUT2D eigenvalue weighted by atomic mass is 16.3. The standard InChI is InChI=1S/C68H40N6O2/c1-5-19-41(20-6-1)66-70-67(42-21-7-2-8-22-42)72-68(71-66)56-39-43(46-29-17-30-51-53-37-35-49-47-27-13-15-33-57(47)73(44-23-9-3-10-24-44)60(49)64(53)75-62(46)51)40-69-59(56)55-32-18-31-52-54-38-36-50-48-28-14-16-34-58(48)74(45-25-11-4-12-26-45)61(50)65(54)76-63(52)55/h1-40H. The van der Waals surface area contributed by atoms with E-state index in [2.05, 4.69) is 185 Å². The van der Waals surface area contributed by atoms with Crippen LogP contribution in [0.2, 0.25) is 0 Å². The molecule has 0 fully saturated rings. The summed E-state index contributed by atoms with van der Waals surface area (Å²) in [5, 5.41) is 8.59. The number of rotatable bonds is 7. The predicted molar refractivity (Wildman–Crippen MR) is 308 cm³/mol. The lowest BCUT2D eigenvalue weighted by Crippen LogP contribution is -2.02. The minimum Gasteiger partial charge on any atom is -0.453 e. The van der Waals surface area contributed by atoms with Crippen LogP contribution in [0.4, 0.5) is 0 Å². The van der Waals surface area contributed by atoms with Gasteiger partial charge in [0.25, 0.3) is 0 Å². The number of nitrogens with zero attached hydrogens (tertiary/aromatic N) is 6. The van der Waals surface area contributed by atoms with E-state index in [0.717, 1.165) is 121 Å². The number of fused-ring (bicyclic) bond motifs is 14. The van der Waals surface area contributed by atoms with E-state index in [1.807, 2.05) is 66.9 Å². The first kappa shape index (κ1) is 42.1. The summed E-state index contributed by atoms with van der Waals surface area (Å²) < 4.78 is 19.2. The molecule has 0 amide bonds. The summed E-state index contributed by atoms with van der Waals surface area (Å²) in [5.74, 6) is 1.58. The quantitative estimate of drug-likeness (QED) is 0.158. The van der Waals surface area contributed by atoms with Gasteiger partial charge >= 0.3 is 0 Å². The van der Waals surface area contributed by atoms with Gasteiger partial charge in [0.15, 0.2) is 28.6 Å². The topological polar surface area (TPSA) is 87.7 Å². The van der Waals surface area contributed by atoms with Gasteiger partial charge in [0, 0.05) is 94.0 Å². The molecule has 0 aliphatic carbocycles. The summed E-state index contributed by atoms with van der Waals surface area (Å²) in [5.41, 5.74) is 15.2. The predicted octanol–water partition coefficient (Wildman–Crippen LogP) is 17.6. The fraction of sp³-hybridized carbons (Fsp3) is 0. The van der Waals surface area contributed by atoms with Gasteiger partial charge in [-0.15, -0.1) is 0 Å². The van der Waals surface area contributed by atoms with Crippen molar-refractivity contribution in [1.82, 2.24) is 29.1 Å². The van der Waals surface area contributed by atoms with E-state index in [0.29, 0.717) is 34.3 Å². The third kappa shape index (κ3) is 6.31. The van der Waals surface area contributed by atoms with E-state index >= 15 is 0 Å². The maximum atomic E-state index is 7.29. The van der Waals surface area contributed by atoms with Crippen LogP contribution in [0.5, 0.6) is 0 Å². The second kappa shape index (κ2) is 16.5. The molecule has 8 heteroatoms. The van der Waals surface area contributed by atoms with Gasteiger partial charge in [0.1, 0.15) is 11.2 Å². The molecule has 0 aliphatic rings. The SMILES string of the molecule is c1ccc(-c2nc(-c3ccccc3)nc(-c3cc(-c4cccc5c4oc4c5ccc5c6ccccc6n(-c6ccccc6)c54)cnc3-c3cccc4c3oc3c4ccc4c5ccccc5n(-c5ccccc5)c43)n2)cc1. The zero-order valence-corrected chi connectivity index (χ0v) is 40.6. The monoisotopic (exact) mass is 972 g/mol. The number of benzene rings is 10. The van der Waals surface area contributed by atoms with Crippen LogP contribution in [0.25, 0.3) is 155 Å². The molecule has 354 valence electrons. The highest BCUT2D eigenvalue weighted by molar-refractivity contribution is 6.24.